The van der Waals surface area contributed by atoms with Gasteiger partial charge in [0.1, 0.15) is 6.04 Å². The molecule has 6 heteroatoms. The molecule has 1 heterocycles. The number of carbonyl (C=O) groups is 1. The predicted octanol–water partition coefficient (Wildman–Crippen LogP) is 0.933. The number of hydrogen-bond donors (Lipinski definition) is 1. The molecule has 1 aromatic heterocycles. The minimum atomic E-state index is -0.591. The van der Waals surface area contributed by atoms with E-state index in [1.54, 1.807) is 13.1 Å². The van der Waals surface area contributed by atoms with Gasteiger partial charge in [-0.2, -0.15) is 5.10 Å². The van der Waals surface area contributed by atoms with Crippen molar-refractivity contribution < 1.29 is 4.79 Å². The van der Waals surface area contributed by atoms with Gasteiger partial charge in [0.2, 0.25) is 5.91 Å². The van der Waals surface area contributed by atoms with Gasteiger partial charge in [-0.3, -0.25) is 9.59 Å². The van der Waals surface area contributed by atoms with Gasteiger partial charge in [-0.25, -0.2) is 4.68 Å². The van der Waals surface area contributed by atoms with Crippen LogP contribution < -0.4 is 10.9 Å². The highest BCUT2D eigenvalue weighted by molar-refractivity contribution is 14.1. The van der Waals surface area contributed by atoms with Crippen molar-refractivity contribution in [2.75, 3.05) is 0 Å². The molecule has 1 N–H and O–H groups in total. The molecular weight excluding hydrogens is 321 g/mol. The number of hydrogen-bond acceptors (Lipinski definition) is 3. The Balaban J connectivity index is 2.92. The Bertz CT molecular complexity index is 442. The van der Waals surface area contributed by atoms with Crippen molar-refractivity contribution in [2.45, 2.75) is 32.9 Å². The normalized spacial score (nSPS) is 12.6. The lowest BCUT2D eigenvalue weighted by molar-refractivity contribution is -0.124. The van der Waals surface area contributed by atoms with E-state index in [2.05, 4.69) is 10.4 Å². The quantitative estimate of drug-likeness (QED) is 0.836. The van der Waals surface area contributed by atoms with Crippen molar-refractivity contribution in [3.05, 3.63) is 26.2 Å². The highest BCUT2D eigenvalue weighted by atomic mass is 127. The smallest absolute Gasteiger partial charge is 0.268 e. The van der Waals surface area contributed by atoms with Crippen LogP contribution >= 0.6 is 22.6 Å². The van der Waals surface area contributed by atoms with Gasteiger partial charge in [0.15, 0.2) is 0 Å². The van der Waals surface area contributed by atoms with E-state index < -0.39 is 6.04 Å². The lowest BCUT2D eigenvalue weighted by atomic mass is 10.3. The molecule has 0 bridgehead atoms. The summed E-state index contributed by atoms with van der Waals surface area (Å²) in [5.74, 6) is -0.203. The number of rotatable bonds is 3. The molecule has 1 rings (SSSR count). The zero-order valence-electron chi connectivity index (χ0n) is 9.40. The number of aromatic nitrogens is 2. The summed E-state index contributed by atoms with van der Waals surface area (Å²) in [6, 6.07) is 0.911. The summed E-state index contributed by atoms with van der Waals surface area (Å²) in [5, 5.41) is 6.68. The lowest BCUT2D eigenvalue weighted by Crippen LogP contribution is -2.39. The van der Waals surface area contributed by atoms with Crippen molar-refractivity contribution in [3.63, 3.8) is 0 Å². The SMILES string of the molecule is CC(C)NC(=O)C(C)n1ncc(I)cc1=O. The Morgan fingerprint density at radius 2 is 2.12 bits per heavy atom. The summed E-state index contributed by atoms with van der Waals surface area (Å²) >= 11 is 2.01. The molecule has 88 valence electrons. The predicted molar refractivity (Wildman–Crippen MR) is 69.2 cm³/mol. The molecule has 0 aromatic carbocycles. The summed E-state index contributed by atoms with van der Waals surface area (Å²) in [5.41, 5.74) is -0.265. The van der Waals surface area contributed by atoms with Crippen LogP contribution in [-0.2, 0) is 4.79 Å². The fraction of sp³-hybridized carbons (Fsp3) is 0.500. The Kier molecular flexibility index (Phi) is 4.45. The van der Waals surface area contributed by atoms with Gasteiger partial charge >= 0.3 is 0 Å². The van der Waals surface area contributed by atoms with E-state index in [9.17, 15) is 9.59 Å². The summed E-state index contributed by atoms with van der Waals surface area (Å²) in [4.78, 5) is 23.3. The zero-order chi connectivity index (χ0) is 12.3. The summed E-state index contributed by atoms with van der Waals surface area (Å²) in [6.07, 6.45) is 1.56. The van der Waals surface area contributed by atoms with Crippen molar-refractivity contribution in [1.82, 2.24) is 15.1 Å². The maximum atomic E-state index is 11.7. The molecule has 1 unspecified atom stereocenters. The van der Waals surface area contributed by atoms with Crippen LogP contribution in [0.15, 0.2) is 17.1 Å². The highest BCUT2D eigenvalue weighted by Crippen LogP contribution is 2.02. The van der Waals surface area contributed by atoms with Crippen LogP contribution in [0.3, 0.4) is 0 Å². The van der Waals surface area contributed by atoms with Gasteiger partial charge in [0.05, 0.1) is 6.20 Å². The molecule has 1 atom stereocenters. The van der Waals surface area contributed by atoms with E-state index in [0.717, 1.165) is 3.57 Å². The maximum absolute atomic E-state index is 11.7. The van der Waals surface area contributed by atoms with Gasteiger partial charge in [0, 0.05) is 15.7 Å². The number of amides is 1. The Hall–Kier alpha value is -0.920. The molecular formula is C10H14IN3O2. The van der Waals surface area contributed by atoms with Crippen molar-refractivity contribution >= 4 is 28.5 Å². The second kappa shape index (κ2) is 5.42. The number of halogens is 1. The van der Waals surface area contributed by atoms with Crippen molar-refractivity contribution in [3.8, 4) is 0 Å². The van der Waals surface area contributed by atoms with Gasteiger partial charge in [-0.05, 0) is 43.4 Å². The first-order valence-electron chi connectivity index (χ1n) is 4.96. The molecule has 5 nitrogen and oxygen atoms in total. The molecule has 0 fully saturated rings. The first kappa shape index (κ1) is 13.1. The van der Waals surface area contributed by atoms with E-state index in [1.165, 1.54) is 10.7 Å². The fourth-order valence-electron chi connectivity index (χ4n) is 1.20. The summed E-state index contributed by atoms with van der Waals surface area (Å²) in [6.45, 7) is 5.39. The minimum Gasteiger partial charge on any atom is -0.352 e. The molecule has 0 saturated carbocycles. The van der Waals surface area contributed by atoms with E-state index in [-0.39, 0.29) is 17.5 Å². The Labute approximate surface area is 107 Å². The zero-order valence-corrected chi connectivity index (χ0v) is 11.6. The summed E-state index contributed by atoms with van der Waals surface area (Å²) in [7, 11) is 0. The minimum absolute atomic E-state index is 0.0505. The molecule has 1 amide bonds. The van der Waals surface area contributed by atoms with E-state index in [0.29, 0.717) is 0 Å². The molecule has 16 heavy (non-hydrogen) atoms. The van der Waals surface area contributed by atoms with E-state index in [4.69, 9.17) is 0 Å². The van der Waals surface area contributed by atoms with Gasteiger partial charge in [0.25, 0.3) is 5.56 Å². The highest BCUT2D eigenvalue weighted by Gasteiger charge is 2.17. The van der Waals surface area contributed by atoms with E-state index >= 15 is 0 Å². The third-order valence-electron chi connectivity index (χ3n) is 1.97. The van der Waals surface area contributed by atoms with Crippen LogP contribution in [0.4, 0.5) is 0 Å². The molecule has 0 aliphatic rings. The third kappa shape index (κ3) is 3.29. The second-order valence-electron chi connectivity index (χ2n) is 3.80. The average molecular weight is 335 g/mol. The molecule has 0 saturated heterocycles. The molecule has 0 radical (unpaired) electrons. The molecule has 0 aliphatic heterocycles. The topological polar surface area (TPSA) is 64.0 Å². The lowest BCUT2D eigenvalue weighted by Gasteiger charge is -2.15. The number of carbonyl (C=O) groups excluding carboxylic acids is 1. The number of nitrogens with zero attached hydrogens (tertiary/aromatic N) is 2. The van der Waals surface area contributed by atoms with Crippen LogP contribution in [0.1, 0.15) is 26.8 Å². The standard InChI is InChI=1S/C10H14IN3O2/c1-6(2)13-10(16)7(3)14-9(15)4-8(11)5-12-14/h4-7H,1-3H3,(H,13,16). The average Bonchev–Trinajstić information content (AvgIpc) is 2.15. The van der Waals surface area contributed by atoms with Crippen LogP contribution in [0.25, 0.3) is 0 Å². The largest absolute Gasteiger partial charge is 0.352 e. The molecule has 1 aromatic rings. The monoisotopic (exact) mass is 335 g/mol. The number of nitrogens with one attached hydrogen (secondary N) is 1. The second-order valence-corrected chi connectivity index (χ2v) is 5.04. The van der Waals surface area contributed by atoms with Gasteiger partial charge in [-0.1, -0.05) is 0 Å². The van der Waals surface area contributed by atoms with Crippen LogP contribution in [-0.4, -0.2) is 21.7 Å². The third-order valence-corrected chi connectivity index (χ3v) is 2.56. The van der Waals surface area contributed by atoms with Crippen LogP contribution in [0.5, 0.6) is 0 Å². The van der Waals surface area contributed by atoms with E-state index in [1.807, 2.05) is 36.4 Å². The molecule has 0 aliphatic carbocycles. The van der Waals surface area contributed by atoms with Gasteiger partial charge in [-0.15, -0.1) is 0 Å². The molecule has 0 spiro atoms. The Morgan fingerprint density at radius 1 is 1.50 bits per heavy atom. The first-order chi connectivity index (χ1) is 7.41. The fourth-order valence-corrected chi connectivity index (χ4v) is 1.59. The first-order valence-corrected chi connectivity index (χ1v) is 6.04. The summed E-state index contributed by atoms with van der Waals surface area (Å²) < 4.78 is 1.94. The van der Waals surface area contributed by atoms with Crippen LogP contribution in [0.2, 0.25) is 0 Å². The van der Waals surface area contributed by atoms with Crippen molar-refractivity contribution in [1.29, 1.82) is 0 Å². The van der Waals surface area contributed by atoms with Gasteiger partial charge < -0.3 is 5.32 Å². The van der Waals surface area contributed by atoms with Crippen LogP contribution in [0, 0.1) is 3.57 Å². The maximum Gasteiger partial charge on any atom is 0.268 e. The Morgan fingerprint density at radius 3 is 2.62 bits per heavy atom. The van der Waals surface area contributed by atoms with Crippen molar-refractivity contribution in [2.24, 2.45) is 0 Å².